The number of rotatable bonds is 4. The van der Waals surface area contributed by atoms with Gasteiger partial charge < -0.3 is 4.74 Å². The molecular weight excluding hydrogens is 419 g/mol. The van der Waals surface area contributed by atoms with Crippen molar-refractivity contribution >= 4 is 35.3 Å². The molecular formula is C24H33FO3S2. The molecule has 4 aliphatic rings. The van der Waals surface area contributed by atoms with Crippen LogP contribution in [0.15, 0.2) is 23.8 Å². The highest BCUT2D eigenvalue weighted by Gasteiger charge is 2.74. The van der Waals surface area contributed by atoms with Crippen LogP contribution in [0.4, 0.5) is 4.39 Å². The van der Waals surface area contributed by atoms with Crippen LogP contribution in [0, 0.1) is 22.7 Å². The van der Waals surface area contributed by atoms with E-state index in [1.165, 1.54) is 13.0 Å². The summed E-state index contributed by atoms with van der Waals surface area (Å²) in [5.74, 6) is 0.569. The van der Waals surface area contributed by atoms with Gasteiger partial charge in [0.05, 0.1) is 4.08 Å². The fourth-order valence-corrected chi connectivity index (χ4v) is 10.5. The van der Waals surface area contributed by atoms with E-state index < -0.39 is 23.2 Å². The number of thioether (sulfide) groups is 2. The number of hydrogen-bond donors (Lipinski definition) is 0. The average molecular weight is 453 g/mol. The molecule has 0 radical (unpaired) electrons. The summed E-state index contributed by atoms with van der Waals surface area (Å²) < 4.78 is 23.4. The van der Waals surface area contributed by atoms with Crippen LogP contribution in [0.2, 0.25) is 0 Å². The number of ketones is 1. The van der Waals surface area contributed by atoms with Gasteiger partial charge in [-0.2, -0.15) is 0 Å². The average Bonchev–Trinajstić information content (AvgIpc) is 2.96. The summed E-state index contributed by atoms with van der Waals surface area (Å²) in [5, 5.41) is 0. The van der Waals surface area contributed by atoms with Gasteiger partial charge in [0.2, 0.25) is 0 Å². The highest BCUT2D eigenvalue weighted by Crippen LogP contribution is 2.74. The maximum Gasteiger partial charge on any atom is 0.303 e. The van der Waals surface area contributed by atoms with Crippen molar-refractivity contribution in [1.82, 2.24) is 0 Å². The Morgan fingerprint density at radius 1 is 1.30 bits per heavy atom. The third-order valence-corrected chi connectivity index (χ3v) is 12.3. The summed E-state index contributed by atoms with van der Waals surface area (Å²) in [7, 11) is 0. The largest absolute Gasteiger partial charge is 0.459 e. The number of esters is 1. The fraction of sp³-hybridized carbons (Fsp3) is 0.750. The van der Waals surface area contributed by atoms with E-state index in [0.717, 1.165) is 30.6 Å². The molecule has 0 spiro atoms. The van der Waals surface area contributed by atoms with Gasteiger partial charge in [0, 0.05) is 18.3 Å². The third-order valence-electron chi connectivity index (χ3n) is 8.68. The Labute approximate surface area is 188 Å². The first-order valence-corrected chi connectivity index (χ1v) is 13.3. The van der Waals surface area contributed by atoms with Crippen LogP contribution in [-0.4, -0.2) is 39.6 Å². The lowest BCUT2D eigenvalue weighted by molar-refractivity contribution is -0.209. The quantitative estimate of drug-likeness (QED) is 0.402. The monoisotopic (exact) mass is 452 g/mol. The van der Waals surface area contributed by atoms with E-state index >= 15 is 4.39 Å². The SMILES string of the molecule is CCS[C@]1(SC)CC[C@H]2[C@@H]3CCC4=CC(=O)C=C[C@]4(C)[C@@]3(F)[C@@H](OC(C)=O)C[C@@]21C. The van der Waals surface area contributed by atoms with Crippen molar-refractivity contribution in [3.8, 4) is 0 Å². The highest BCUT2D eigenvalue weighted by molar-refractivity contribution is 8.18. The van der Waals surface area contributed by atoms with E-state index in [9.17, 15) is 9.59 Å². The molecule has 3 fully saturated rings. The number of carbonyl (C=O) groups excluding carboxylic acids is 2. The van der Waals surface area contributed by atoms with Crippen molar-refractivity contribution in [2.45, 2.75) is 75.7 Å². The first-order chi connectivity index (χ1) is 14.1. The Bertz CT molecular complexity index is 825. The maximum absolute atomic E-state index is 17.5. The zero-order valence-corrected chi connectivity index (χ0v) is 20.3. The van der Waals surface area contributed by atoms with E-state index in [2.05, 4.69) is 20.1 Å². The summed E-state index contributed by atoms with van der Waals surface area (Å²) in [6.45, 7) is 7.79. The summed E-state index contributed by atoms with van der Waals surface area (Å²) >= 11 is 3.88. The van der Waals surface area contributed by atoms with Crippen LogP contribution in [-0.2, 0) is 14.3 Å². The molecule has 4 aliphatic carbocycles. The van der Waals surface area contributed by atoms with Gasteiger partial charge in [-0.1, -0.05) is 25.5 Å². The Kier molecular flexibility index (Phi) is 5.53. The molecule has 4 rings (SSSR count). The van der Waals surface area contributed by atoms with Crippen molar-refractivity contribution in [1.29, 1.82) is 0 Å². The fourth-order valence-electron chi connectivity index (χ4n) is 7.31. The van der Waals surface area contributed by atoms with Crippen molar-refractivity contribution in [2.24, 2.45) is 22.7 Å². The number of allylic oxidation sites excluding steroid dienone is 4. The van der Waals surface area contributed by atoms with Crippen molar-refractivity contribution in [3.05, 3.63) is 23.8 Å². The van der Waals surface area contributed by atoms with Gasteiger partial charge in [0.1, 0.15) is 6.10 Å². The molecule has 7 atom stereocenters. The number of ether oxygens (including phenoxy) is 1. The number of fused-ring (bicyclic) bond motifs is 5. The normalized spacial score (nSPS) is 47.2. The second-order valence-electron chi connectivity index (χ2n) is 9.78. The van der Waals surface area contributed by atoms with Gasteiger partial charge in [-0.25, -0.2) is 4.39 Å². The van der Waals surface area contributed by atoms with E-state index in [1.54, 1.807) is 12.2 Å². The zero-order chi connectivity index (χ0) is 21.9. The molecule has 0 heterocycles. The Hall–Kier alpha value is -0.750. The first kappa shape index (κ1) is 22.4. The molecule has 0 aromatic heterocycles. The van der Waals surface area contributed by atoms with Gasteiger partial charge in [0.25, 0.3) is 0 Å². The third kappa shape index (κ3) is 2.78. The number of carbonyl (C=O) groups is 2. The highest BCUT2D eigenvalue weighted by atomic mass is 32.2. The van der Waals surface area contributed by atoms with Crippen molar-refractivity contribution in [3.63, 3.8) is 0 Å². The number of hydrogen-bond acceptors (Lipinski definition) is 5. The molecule has 0 saturated heterocycles. The van der Waals surface area contributed by atoms with E-state index in [4.69, 9.17) is 4.74 Å². The predicted octanol–water partition coefficient (Wildman–Crippen LogP) is 5.74. The zero-order valence-electron chi connectivity index (χ0n) is 18.6. The van der Waals surface area contributed by atoms with Gasteiger partial charge >= 0.3 is 5.97 Å². The Balaban J connectivity index is 1.85. The standard InChI is InChI=1S/C24H33FO3S2/c1-6-30-23(29-5)12-10-18-19-8-7-16-13-17(27)9-11-21(16,3)24(19,25)20(28-15(2)26)14-22(18,23)4/h9,11,13,18-20H,6-8,10,12,14H2,1-5H3/t18-,19-,20-,21-,22-,23+,24-/m0/s1. The Morgan fingerprint density at radius 3 is 2.67 bits per heavy atom. The van der Waals surface area contributed by atoms with Gasteiger partial charge in [-0.15, -0.1) is 23.5 Å². The summed E-state index contributed by atoms with van der Waals surface area (Å²) in [6.07, 6.45) is 10.3. The molecule has 0 aromatic carbocycles. The lowest BCUT2D eigenvalue weighted by Crippen LogP contribution is -2.68. The van der Waals surface area contributed by atoms with Crippen molar-refractivity contribution in [2.75, 3.05) is 12.0 Å². The number of alkyl halides is 1. The molecule has 0 bridgehead atoms. The second kappa shape index (κ2) is 7.40. The minimum Gasteiger partial charge on any atom is -0.459 e. The van der Waals surface area contributed by atoms with E-state index in [1.807, 2.05) is 30.4 Å². The second-order valence-corrected chi connectivity index (χ2v) is 12.7. The Morgan fingerprint density at radius 2 is 2.03 bits per heavy atom. The topological polar surface area (TPSA) is 43.4 Å². The lowest BCUT2D eigenvalue weighted by Gasteiger charge is -2.63. The molecule has 166 valence electrons. The number of halogens is 1. The van der Waals surface area contributed by atoms with Crippen LogP contribution in [0.5, 0.6) is 0 Å². The molecule has 0 amide bonds. The predicted molar refractivity (Wildman–Crippen MR) is 122 cm³/mol. The molecule has 30 heavy (non-hydrogen) atoms. The van der Waals surface area contributed by atoms with E-state index in [0.29, 0.717) is 12.8 Å². The van der Waals surface area contributed by atoms with Crippen LogP contribution in [0.3, 0.4) is 0 Å². The molecule has 0 N–H and O–H groups in total. The van der Waals surface area contributed by atoms with Crippen molar-refractivity contribution < 1.29 is 18.7 Å². The molecule has 0 unspecified atom stereocenters. The van der Waals surface area contributed by atoms with Gasteiger partial charge in [-0.05, 0) is 74.5 Å². The minimum atomic E-state index is -1.70. The molecule has 3 nitrogen and oxygen atoms in total. The summed E-state index contributed by atoms with van der Waals surface area (Å²) in [6, 6.07) is 0. The molecule has 3 saturated carbocycles. The van der Waals surface area contributed by atoms with Crippen LogP contribution >= 0.6 is 23.5 Å². The van der Waals surface area contributed by atoms with Gasteiger partial charge in [0.15, 0.2) is 11.5 Å². The maximum atomic E-state index is 17.5. The summed E-state index contributed by atoms with van der Waals surface area (Å²) in [4.78, 5) is 24.1. The molecule has 0 aromatic rings. The molecule has 0 aliphatic heterocycles. The first-order valence-electron chi connectivity index (χ1n) is 11.1. The van der Waals surface area contributed by atoms with E-state index in [-0.39, 0.29) is 27.1 Å². The van der Waals surface area contributed by atoms with Crippen LogP contribution < -0.4 is 0 Å². The molecule has 6 heteroatoms. The lowest BCUT2D eigenvalue weighted by atomic mass is 9.46. The smallest absolute Gasteiger partial charge is 0.303 e. The minimum absolute atomic E-state index is 0.0154. The van der Waals surface area contributed by atoms with Crippen LogP contribution in [0.1, 0.15) is 59.8 Å². The van der Waals surface area contributed by atoms with Gasteiger partial charge in [-0.3, -0.25) is 9.59 Å². The van der Waals surface area contributed by atoms with Crippen LogP contribution in [0.25, 0.3) is 0 Å². The summed E-state index contributed by atoms with van der Waals surface area (Å²) in [5.41, 5.74) is -1.87.